The SMILES string of the molecule is CCCCNC(=O)C(Cc1ccccc1)N(Cc1cccc(C)c1)C(=O)CCCN(c1cccc(Cl)c1)S(C)(=O)=O. The second-order valence-electron chi connectivity index (χ2n) is 10.3. The summed E-state index contributed by atoms with van der Waals surface area (Å²) in [6, 6.07) is 23.5. The maximum Gasteiger partial charge on any atom is 0.243 e. The van der Waals surface area contributed by atoms with Gasteiger partial charge in [0.15, 0.2) is 0 Å². The number of aryl methyl sites for hydroxylation is 1. The van der Waals surface area contributed by atoms with Gasteiger partial charge in [0, 0.05) is 37.5 Å². The second-order valence-corrected chi connectivity index (χ2v) is 12.6. The summed E-state index contributed by atoms with van der Waals surface area (Å²) in [5.41, 5.74) is 3.39. The molecule has 9 heteroatoms. The zero-order valence-corrected chi connectivity index (χ0v) is 25.6. The molecule has 1 atom stereocenters. The van der Waals surface area contributed by atoms with E-state index in [0.29, 0.717) is 23.7 Å². The average Bonchev–Trinajstić information content (AvgIpc) is 2.93. The van der Waals surface area contributed by atoms with Crippen LogP contribution >= 0.6 is 11.6 Å². The first kappa shape index (κ1) is 32.2. The topological polar surface area (TPSA) is 86.8 Å². The van der Waals surface area contributed by atoms with Gasteiger partial charge in [-0.1, -0.05) is 91.2 Å². The van der Waals surface area contributed by atoms with Gasteiger partial charge in [-0.3, -0.25) is 13.9 Å². The second kappa shape index (κ2) is 15.6. The lowest BCUT2D eigenvalue weighted by Gasteiger charge is -2.32. The molecule has 41 heavy (non-hydrogen) atoms. The highest BCUT2D eigenvalue weighted by Crippen LogP contribution is 2.23. The zero-order valence-electron chi connectivity index (χ0n) is 24.1. The Hall–Kier alpha value is -3.36. The standard InChI is InChI=1S/C32H40ClN3O4S/c1-4-5-19-34-32(38)30(22-26-13-7-6-8-14-26)35(24-27-15-9-12-25(2)21-27)31(37)18-11-20-36(41(3,39)40)29-17-10-16-28(33)23-29/h6-10,12-17,21,23,30H,4-5,11,18-20,22,24H2,1-3H3,(H,34,38). The van der Waals surface area contributed by atoms with Gasteiger partial charge in [-0.05, 0) is 49.1 Å². The van der Waals surface area contributed by atoms with Crippen LogP contribution in [0.5, 0.6) is 0 Å². The van der Waals surface area contributed by atoms with Crippen LogP contribution in [-0.4, -0.2) is 50.5 Å². The Labute approximate surface area is 249 Å². The number of amides is 2. The third-order valence-electron chi connectivity index (χ3n) is 6.78. The predicted octanol–water partition coefficient (Wildman–Crippen LogP) is 5.75. The lowest BCUT2D eigenvalue weighted by molar-refractivity contribution is -0.141. The van der Waals surface area contributed by atoms with Gasteiger partial charge in [0.1, 0.15) is 6.04 Å². The summed E-state index contributed by atoms with van der Waals surface area (Å²) in [5, 5.41) is 3.45. The molecule has 1 N–H and O–H groups in total. The van der Waals surface area contributed by atoms with Gasteiger partial charge in [0.25, 0.3) is 0 Å². The molecule has 3 aromatic carbocycles. The summed E-state index contributed by atoms with van der Waals surface area (Å²) in [4.78, 5) is 29.1. The lowest BCUT2D eigenvalue weighted by Crippen LogP contribution is -2.50. The first-order chi connectivity index (χ1) is 19.6. The zero-order chi connectivity index (χ0) is 29.8. The Kier molecular flexibility index (Phi) is 12.2. The smallest absolute Gasteiger partial charge is 0.243 e. The van der Waals surface area contributed by atoms with Gasteiger partial charge in [-0.25, -0.2) is 8.42 Å². The normalized spacial score (nSPS) is 12.0. The van der Waals surface area contributed by atoms with E-state index in [1.807, 2.05) is 61.5 Å². The first-order valence-corrected chi connectivity index (χ1v) is 16.2. The van der Waals surface area contributed by atoms with E-state index < -0.39 is 16.1 Å². The van der Waals surface area contributed by atoms with E-state index in [4.69, 9.17) is 11.6 Å². The number of nitrogens with one attached hydrogen (secondary N) is 1. The molecule has 7 nitrogen and oxygen atoms in total. The molecule has 3 rings (SSSR count). The van der Waals surface area contributed by atoms with Gasteiger partial charge in [-0.2, -0.15) is 0 Å². The molecule has 2 amide bonds. The van der Waals surface area contributed by atoms with E-state index >= 15 is 0 Å². The van der Waals surface area contributed by atoms with E-state index in [-0.39, 0.29) is 37.7 Å². The monoisotopic (exact) mass is 597 g/mol. The summed E-state index contributed by atoms with van der Waals surface area (Å²) in [5.74, 6) is -0.405. The molecule has 0 saturated carbocycles. The third kappa shape index (κ3) is 10.2. The number of nitrogens with zero attached hydrogens (tertiary/aromatic N) is 2. The van der Waals surface area contributed by atoms with Crippen LogP contribution in [0.15, 0.2) is 78.9 Å². The van der Waals surface area contributed by atoms with Crippen molar-refractivity contribution in [2.45, 2.75) is 58.5 Å². The molecule has 3 aromatic rings. The van der Waals surface area contributed by atoms with Gasteiger partial charge in [0.2, 0.25) is 21.8 Å². The van der Waals surface area contributed by atoms with E-state index in [0.717, 1.165) is 35.8 Å². The quantitative estimate of drug-likeness (QED) is 0.226. The molecular formula is C32H40ClN3O4S. The molecule has 0 aliphatic carbocycles. The Morgan fingerprint density at radius 1 is 0.927 bits per heavy atom. The van der Waals surface area contributed by atoms with Crippen LogP contribution < -0.4 is 9.62 Å². The van der Waals surface area contributed by atoms with E-state index in [9.17, 15) is 18.0 Å². The minimum absolute atomic E-state index is 0.0753. The summed E-state index contributed by atoms with van der Waals surface area (Å²) in [6.07, 6.45) is 3.65. The molecule has 0 fully saturated rings. The minimum Gasteiger partial charge on any atom is -0.354 e. The number of hydrogen-bond donors (Lipinski definition) is 1. The number of hydrogen-bond acceptors (Lipinski definition) is 4. The van der Waals surface area contributed by atoms with Crippen molar-refractivity contribution in [2.24, 2.45) is 0 Å². The van der Waals surface area contributed by atoms with Crippen molar-refractivity contribution in [3.8, 4) is 0 Å². The van der Waals surface area contributed by atoms with Crippen molar-refractivity contribution in [3.63, 3.8) is 0 Å². The van der Waals surface area contributed by atoms with Gasteiger partial charge >= 0.3 is 0 Å². The average molecular weight is 598 g/mol. The molecule has 0 radical (unpaired) electrons. The van der Waals surface area contributed by atoms with Crippen molar-refractivity contribution in [1.82, 2.24) is 10.2 Å². The molecule has 1 unspecified atom stereocenters. The van der Waals surface area contributed by atoms with Crippen molar-refractivity contribution in [2.75, 3.05) is 23.7 Å². The number of anilines is 1. The highest BCUT2D eigenvalue weighted by atomic mass is 35.5. The maximum absolute atomic E-state index is 13.9. The Balaban J connectivity index is 1.87. The van der Waals surface area contributed by atoms with Crippen LogP contribution in [0, 0.1) is 6.92 Å². The Morgan fingerprint density at radius 2 is 1.63 bits per heavy atom. The summed E-state index contributed by atoms with van der Waals surface area (Å²) in [7, 11) is -3.60. The number of halogens is 1. The van der Waals surface area contributed by atoms with Crippen molar-refractivity contribution in [1.29, 1.82) is 0 Å². The van der Waals surface area contributed by atoms with E-state index in [1.165, 1.54) is 4.31 Å². The van der Waals surface area contributed by atoms with Crippen molar-refractivity contribution in [3.05, 3.63) is 101 Å². The fraction of sp³-hybridized carbons (Fsp3) is 0.375. The van der Waals surface area contributed by atoms with Crippen LogP contribution in [0.1, 0.15) is 49.3 Å². The number of unbranched alkanes of at least 4 members (excludes halogenated alkanes) is 1. The Bertz CT molecular complexity index is 1400. The Morgan fingerprint density at radius 3 is 2.29 bits per heavy atom. The number of rotatable bonds is 15. The number of carbonyl (C=O) groups is 2. The third-order valence-corrected chi connectivity index (χ3v) is 8.21. The number of sulfonamides is 1. The number of carbonyl (C=O) groups excluding carboxylic acids is 2. The molecule has 0 bridgehead atoms. The lowest BCUT2D eigenvalue weighted by atomic mass is 10.0. The van der Waals surface area contributed by atoms with Crippen molar-refractivity contribution < 1.29 is 18.0 Å². The summed E-state index contributed by atoms with van der Waals surface area (Å²) in [6.45, 7) is 4.96. The fourth-order valence-corrected chi connectivity index (χ4v) is 5.84. The van der Waals surface area contributed by atoms with Crippen LogP contribution in [-0.2, 0) is 32.6 Å². The van der Waals surface area contributed by atoms with Gasteiger partial charge in [0.05, 0.1) is 11.9 Å². The highest BCUT2D eigenvalue weighted by molar-refractivity contribution is 7.92. The van der Waals surface area contributed by atoms with Crippen LogP contribution in [0.4, 0.5) is 5.69 Å². The fourth-order valence-electron chi connectivity index (χ4n) is 4.70. The first-order valence-electron chi connectivity index (χ1n) is 14.0. The van der Waals surface area contributed by atoms with Gasteiger partial charge in [-0.15, -0.1) is 0 Å². The van der Waals surface area contributed by atoms with Crippen molar-refractivity contribution >= 4 is 39.1 Å². The molecule has 0 aromatic heterocycles. The molecule has 0 aliphatic rings. The predicted molar refractivity (Wildman–Crippen MR) is 166 cm³/mol. The minimum atomic E-state index is -3.60. The molecule has 0 spiro atoms. The number of benzene rings is 3. The van der Waals surface area contributed by atoms with Crippen LogP contribution in [0.2, 0.25) is 5.02 Å². The molecule has 0 saturated heterocycles. The largest absolute Gasteiger partial charge is 0.354 e. The van der Waals surface area contributed by atoms with Crippen LogP contribution in [0.3, 0.4) is 0 Å². The van der Waals surface area contributed by atoms with Crippen LogP contribution in [0.25, 0.3) is 0 Å². The van der Waals surface area contributed by atoms with E-state index in [1.54, 1.807) is 29.2 Å². The highest BCUT2D eigenvalue weighted by Gasteiger charge is 2.30. The molecule has 0 heterocycles. The van der Waals surface area contributed by atoms with E-state index in [2.05, 4.69) is 12.2 Å². The molecule has 220 valence electrons. The van der Waals surface area contributed by atoms with Gasteiger partial charge < -0.3 is 10.2 Å². The maximum atomic E-state index is 13.9. The molecular weight excluding hydrogens is 558 g/mol. The summed E-state index contributed by atoms with van der Waals surface area (Å²) < 4.78 is 26.4. The molecule has 0 aliphatic heterocycles. The summed E-state index contributed by atoms with van der Waals surface area (Å²) >= 11 is 6.11.